The standard InChI is InChI=1S/C14H18N4O3/c1-4-15-12-6-5-7-13(14(12)18(19)20)21-11-8-16-17(9-11)10(2)3/h5-10,15H,4H2,1-3H3. The van der Waals surface area contributed by atoms with Crippen LogP contribution in [0, 0.1) is 10.1 Å². The molecule has 0 atom stereocenters. The molecule has 1 aromatic carbocycles. The molecule has 0 radical (unpaired) electrons. The van der Waals surface area contributed by atoms with E-state index in [0.717, 1.165) is 0 Å². The highest BCUT2D eigenvalue weighted by Crippen LogP contribution is 2.37. The van der Waals surface area contributed by atoms with Crippen molar-refractivity contribution in [3.8, 4) is 11.5 Å². The van der Waals surface area contributed by atoms with Crippen LogP contribution in [0.1, 0.15) is 26.8 Å². The Kier molecular flexibility index (Phi) is 4.42. The minimum Gasteiger partial charge on any atom is -0.447 e. The summed E-state index contributed by atoms with van der Waals surface area (Å²) in [4.78, 5) is 10.8. The Balaban J connectivity index is 2.34. The third-order valence-corrected chi connectivity index (χ3v) is 2.88. The van der Waals surface area contributed by atoms with Gasteiger partial charge >= 0.3 is 5.69 Å². The van der Waals surface area contributed by atoms with Crippen molar-refractivity contribution in [2.45, 2.75) is 26.8 Å². The van der Waals surface area contributed by atoms with Crippen LogP contribution in [-0.4, -0.2) is 21.2 Å². The zero-order chi connectivity index (χ0) is 15.4. The second kappa shape index (κ2) is 6.25. The molecule has 21 heavy (non-hydrogen) atoms. The number of nitro benzene ring substituents is 1. The van der Waals surface area contributed by atoms with E-state index < -0.39 is 4.92 Å². The van der Waals surface area contributed by atoms with Gasteiger partial charge in [0.2, 0.25) is 5.75 Å². The van der Waals surface area contributed by atoms with E-state index >= 15 is 0 Å². The molecule has 0 aliphatic heterocycles. The number of nitrogens with zero attached hydrogens (tertiary/aromatic N) is 3. The number of hydrogen-bond acceptors (Lipinski definition) is 5. The summed E-state index contributed by atoms with van der Waals surface area (Å²) in [7, 11) is 0. The van der Waals surface area contributed by atoms with E-state index in [1.807, 2.05) is 20.8 Å². The van der Waals surface area contributed by atoms with Gasteiger partial charge in [-0.25, -0.2) is 0 Å². The lowest BCUT2D eigenvalue weighted by Crippen LogP contribution is -2.02. The van der Waals surface area contributed by atoms with Crippen molar-refractivity contribution in [3.05, 3.63) is 40.7 Å². The number of para-hydroxylation sites is 1. The van der Waals surface area contributed by atoms with Gasteiger partial charge in [-0.1, -0.05) is 6.07 Å². The first kappa shape index (κ1) is 14.8. The van der Waals surface area contributed by atoms with Gasteiger partial charge < -0.3 is 10.1 Å². The lowest BCUT2D eigenvalue weighted by Gasteiger charge is -2.09. The molecule has 0 saturated carbocycles. The highest BCUT2D eigenvalue weighted by atomic mass is 16.6. The van der Waals surface area contributed by atoms with Crippen molar-refractivity contribution in [2.24, 2.45) is 0 Å². The van der Waals surface area contributed by atoms with Crippen LogP contribution in [0.25, 0.3) is 0 Å². The zero-order valence-electron chi connectivity index (χ0n) is 12.2. The number of aromatic nitrogens is 2. The Labute approximate surface area is 122 Å². The fourth-order valence-electron chi connectivity index (χ4n) is 1.91. The second-order valence-corrected chi connectivity index (χ2v) is 4.79. The molecule has 0 amide bonds. The summed E-state index contributed by atoms with van der Waals surface area (Å²) in [5.74, 6) is 0.669. The fourth-order valence-corrected chi connectivity index (χ4v) is 1.91. The zero-order valence-corrected chi connectivity index (χ0v) is 12.2. The van der Waals surface area contributed by atoms with E-state index in [4.69, 9.17) is 4.74 Å². The maximum atomic E-state index is 11.3. The molecule has 7 heteroatoms. The Morgan fingerprint density at radius 2 is 2.24 bits per heavy atom. The summed E-state index contributed by atoms with van der Waals surface area (Å²) < 4.78 is 7.36. The van der Waals surface area contributed by atoms with Gasteiger partial charge in [-0.2, -0.15) is 5.10 Å². The predicted octanol–water partition coefficient (Wildman–Crippen LogP) is 3.60. The average Bonchev–Trinajstić information content (AvgIpc) is 2.87. The predicted molar refractivity (Wildman–Crippen MR) is 79.9 cm³/mol. The third-order valence-electron chi connectivity index (χ3n) is 2.88. The average molecular weight is 290 g/mol. The van der Waals surface area contributed by atoms with Crippen LogP contribution >= 0.6 is 0 Å². The molecule has 7 nitrogen and oxygen atoms in total. The number of hydrogen-bond donors (Lipinski definition) is 1. The van der Waals surface area contributed by atoms with Crippen LogP contribution in [0.3, 0.4) is 0 Å². The number of nitro groups is 1. The largest absolute Gasteiger partial charge is 0.447 e. The Morgan fingerprint density at radius 1 is 1.48 bits per heavy atom. The first-order valence-electron chi connectivity index (χ1n) is 6.76. The molecule has 112 valence electrons. The molecule has 2 aromatic rings. The molecule has 0 aliphatic carbocycles. The van der Waals surface area contributed by atoms with Crippen molar-refractivity contribution in [1.29, 1.82) is 0 Å². The maximum absolute atomic E-state index is 11.3. The number of benzene rings is 1. The van der Waals surface area contributed by atoms with E-state index in [-0.39, 0.29) is 17.5 Å². The van der Waals surface area contributed by atoms with Crippen LogP contribution in [0.15, 0.2) is 30.6 Å². The van der Waals surface area contributed by atoms with Crippen molar-refractivity contribution in [2.75, 3.05) is 11.9 Å². The van der Waals surface area contributed by atoms with Crippen LogP contribution < -0.4 is 10.1 Å². The third kappa shape index (κ3) is 3.31. The topological polar surface area (TPSA) is 82.2 Å². The van der Waals surface area contributed by atoms with Crippen LogP contribution in [0.5, 0.6) is 11.5 Å². The van der Waals surface area contributed by atoms with Crippen LogP contribution in [0.2, 0.25) is 0 Å². The van der Waals surface area contributed by atoms with Gasteiger partial charge in [0.1, 0.15) is 5.69 Å². The summed E-state index contributed by atoms with van der Waals surface area (Å²) in [6.07, 6.45) is 3.26. The number of rotatable bonds is 6. The molecule has 0 spiro atoms. The molecular weight excluding hydrogens is 272 g/mol. The minimum atomic E-state index is -0.444. The fraction of sp³-hybridized carbons (Fsp3) is 0.357. The number of ether oxygens (including phenoxy) is 1. The Bertz CT molecular complexity index is 637. The number of anilines is 1. The summed E-state index contributed by atoms with van der Waals surface area (Å²) in [6.45, 7) is 6.45. The highest BCUT2D eigenvalue weighted by Gasteiger charge is 2.21. The Morgan fingerprint density at radius 3 is 2.81 bits per heavy atom. The second-order valence-electron chi connectivity index (χ2n) is 4.79. The van der Waals surface area contributed by atoms with E-state index in [2.05, 4.69) is 10.4 Å². The van der Waals surface area contributed by atoms with E-state index in [9.17, 15) is 10.1 Å². The molecule has 0 bridgehead atoms. The molecule has 1 heterocycles. The molecular formula is C14H18N4O3. The van der Waals surface area contributed by atoms with Gasteiger partial charge in [0.15, 0.2) is 5.75 Å². The first-order valence-corrected chi connectivity index (χ1v) is 6.76. The normalized spacial score (nSPS) is 10.7. The summed E-state index contributed by atoms with van der Waals surface area (Å²) in [5, 5.41) is 18.4. The first-order chi connectivity index (χ1) is 10.0. The van der Waals surface area contributed by atoms with Gasteiger partial charge in [0.05, 0.1) is 17.3 Å². The monoisotopic (exact) mass is 290 g/mol. The van der Waals surface area contributed by atoms with Crippen molar-refractivity contribution in [3.63, 3.8) is 0 Å². The molecule has 0 saturated heterocycles. The van der Waals surface area contributed by atoms with Crippen molar-refractivity contribution < 1.29 is 9.66 Å². The molecule has 0 unspecified atom stereocenters. The van der Waals surface area contributed by atoms with Crippen molar-refractivity contribution >= 4 is 11.4 Å². The van der Waals surface area contributed by atoms with Crippen molar-refractivity contribution in [1.82, 2.24) is 9.78 Å². The van der Waals surface area contributed by atoms with E-state index in [1.54, 1.807) is 35.3 Å². The van der Waals surface area contributed by atoms with Gasteiger partial charge in [-0.3, -0.25) is 14.8 Å². The summed E-state index contributed by atoms with van der Waals surface area (Å²) in [5.41, 5.74) is 0.368. The summed E-state index contributed by atoms with van der Waals surface area (Å²) >= 11 is 0. The lowest BCUT2D eigenvalue weighted by atomic mass is 10.2. The number of nitrogens with one attached hydrogen (secondary N) is 1. The molecule has 0 aliphatic rings. The maximum Gasteiger partial charge on any atom is 0.334 e. The Hall–Kier alpha value is -2.57. The van der Waals surface area contributed by atoms with Gasteiger partial charge in [-0.15, -0.1) is 0 Å². The molecule has 0 fully saturated rings. The van der Waals surface area contributed by atoms with E-state index in [0.29, 0.717) is 18.0 Å². The van der Waals surface area contributed by atoms with Crippen LogP contribution in [-0.2, 0) is 0 Å². The van der Waals surface area contributed by atoms with Gasteiger partial charge in [0, 0.05) is 12.6 Å². The molecule has 2 rings (SSSR count). The minimum absolute atomic E-state index is 0.0725. The van der Waals surface area contributed by atoms with Gasteiger partial charge in [0.25, 0.3) is 0 Å². The SMILES string of the molecule is CCNc1cccc(Oc2cnn(C(C)C)c2)c1[N+](=O)[O-]. The lowest BCUT2D eigenvalue weighted by molar-refractivity contribution is -0.384. The highest BCUT2D eigenvalue weighted by molar-refractivity contribution is 5.68. The quantitative estimate of drug-likeness (QED) is 0.649. The van der Waals surface area contributed by atoms with E-state index in [1.165, 1.54) is 0 Å². The van der Waals surface area contributed by atoms with Gasteiger partial charge in [-0.05, 0) is 32.9 Å². The van der Waals surface area contributed by atoms with Crippen LogP contribution in [0.4, 0.5) is 11.4 Å². The molecule has 1 aromatic heterocycles. The molecule has 1 N–H and O–H groups in total. The smallest absolute Gasteiger partial charge is 0.334 e. The summed E-state index contributed by atoms with van der Waals surface area (Å²) in [6, 6.07) is 5.15.